The van der Waals surface area contributed by atoms with E-state index in [1.165, 1.54) is 12.4 Å². The van der Waals surface area contributed by atoms with Crippen LogP contribution in [0.25, 0.3) is 11.3 Å². The van der Waals surface area contributed by atoms with Crippen molar-refractivity contribution in [3.05, 3.63) is 36.0 Å². The molecule has 3 aromatic heterocycles. The molecule has 5 rings (SSSR count). The molecule has 2 aliphatic rings. The van der Waals surface area contributed by atoms with Crippen molar-refractivity contribution >= 4 is 11.6 Å². The molecule has 30 heavy (non-hydrogen) atoms. The van der Waals surface area contributed by atoms with Crippen LogP contribution >= 0.6 is 0 Å². The minimum atomic E-state index is 0.256. The van der Waals surface area contributed by atoms with Crippen molar-refractivity contribution in [2.75, 3.05) is 31.6 Å². The van der Waals surface area contributed by atoms with Crippen LogP contribution < -0.4 is 20.1 Å². The number of nitrogens with one attached hydrogen (secondary N) is 3. The molecule has 5 heterocycles. The topological polar surface area (TPSA) is 134 Å². The number of nitriles is 1. The molecule has 3 aromatic rings. The highest BCUT2D eigenvalue weighted by Crippen LogP contribution is 2.42. The number of rotatable bonds is 6. The Morgan fingerprint density at radius 3 is 3.00 bits per heavy atom. The van der Waals surface area contributed by atoms with E-state index in [2.05, 4.69) is 35.8 Å². The van der Waals surface area contributed by atoms with E-state index in [1.807, 2.05) is 12.1 Å². The molecule has 3 N–H and O–H groups in total. The number of aromatic nitrogens is 5. The molecule has 1 saturated heterocycles. The maximum absolute atomic E-state index is 8.84. The van der Waals surface area contributed by atoms with Crippen molar-refractivity contribution in [3.8, 4) is 28.8 Å². The summed E-state index contributed by atoms with van der Waals surface area (Å²) < 4.78 is 12.0. The van der Waals surface area contributed by atoms with Crippen LogP contribution in [-0.2, 0) is 6.42 Å². The molecule has 10 heteroatoms. The number of ether oxygens (including phenoxy) is 2. The Morgan fingerprint density at radius 1 is 1.23 bits per heavy atom. The lowest BCUT2D eigenvalue weighted by molar-refractivity contribution is 0.259. The lowest BCUT2D eigenvalue weighted by Gasteiger charge is -2.15. The molecule has 1 fully saturated rings. The highest BCUT2D eigenvalue weighted by molar-refractivity contribution is 5.77. The van der Waals surface area contributed by atoms with Crippen LogP contribution in [0.15, 0.2) is 24.7 Å². The van der Waals surface area contributed by atoms with Crippen LogP contribution in [0.1, 0.15) is 17.8 Å². The maximum Gasteiger partial charge on any atom is 0.158 e. The number of aromatic amines is 1. The zero-order chi connectivity index (χ0) is 20.3. The number of pyridine rings is 1. The first-order chi connectivity index (χ1) is 14.8. The van der Waals surface area contributed by atoms with Crippen molar-refractivity contribution in [3.63, 3.8) is 0 Å². The highest BCUT2D eigenvalue weighted by atomic mass is 16.5. The van der Waals surface area contributed by atoms with Crippen molar-refractivity contribution < 1.29 is 9.47 Å². The lowest BCUT2D eigenvalue weighted by Crippen LogP contribution is -2.16. The molecule has 0 spiro atoms. The van der Waals surface area contributed by atoms with E-state index in [0.29, 0.717) is 36.5 Å². The van der Waals surface area contributed by atoms with Gasteiger partial charge in [-0.25, -0.2) is 9.97 Å². The predicted molar refractivity (Wildman–Crippen MR) is 108 cm³/mol. The first-order valence-corrected chi connectivity index (χ1v) is 9.83. The predicted octanol–water partition coefficient (Wildman–Crippen LogP) is 1.80. The van der Waals surface area contributed by atoms with E-state index in [4.69, 9.17) is 14.7 Å². The zero-order valence-electron chi connectivity index (χ0n) is 16.2. The summed E-state index contributed by atoms with van der Waals surface area (Å²) in [6, 6.07) is 3.81. The van der Waals surface area contributed by atoms with Gasteiger partial charge in [0.1, 0.15) is 11.9 Å². The summed E-state index contributed by atoms with van der Waals surface area (Å²) in [5.74, 6) is 2.97. The van der Waals surface area contributed by atoms with Gasteiger partial charge in [-0.1, -0.05) is 0 Å². The van der Waals surface area contributed by atoms with E-state index < -0.39 is 0 Å². The summed E-state index contributed by atoms with van der Waals surface area (Å²) in [4.78, 5) is 12.7. The number of anilines is 2. The van der Waals surface area contributed by atoms with Gasteiger partial charge in [-0.05, 0) is 13.0 Å². The summed E-state index contributed by atoms with van der Waals surface area (Å²) in [5.41, 5.74) is 2.77. The van der Waals surface area contributed by atoms with Gasteiger partial charge in [0.05, 0.1) is 48.8 Å². The van der Waals surface area contributed by atoms with E-state index in [9.17, 15) is 0 Å². The second-order valence-electron chi connectivity index (χ2n) is 7.23. The Bertz CT molecular complexity index is 1080. The smallest absolute Gasteiger partial charge is 0.158 e. The molecule has 0 radical (unpaired) electrons. The molecule has 0 saturated carbocycles. The molecule has 0 amide bonds. The Hall–Kier alpha value is -3.71. The molecule has 0 aromatic carbocycles. The monoisotopic (exact) mass is 404 g/mol. The minimum absolute atomic E-state index is 0.256. The molecule has 2 aliphatic heterocycles. The number of hydrogen-bond donors (Lipinski definition) is 3. The SMILES string of the molecule is N#Cc1cnc(Nc2cc(-c3c(OC[C@H]4CCNC4)cnc4c3OCC4)[nH]n2)cn1. The molecular formula is C20H20N8O2. The van der Waals surface area contributed by atoms with E-state index in [-0.39, 0.29) is 5.69 Å². The van der Waals surface area contributed by atoms with Gasteiger partial charge in [-0.15, -0.1) is 0 Å². The van der Waals surface area contributed by atoms with Crippen molar-refractivity contribution in [1.29, 1.82) is 5.26 Å². The zero-order valence-corrected chi connectivity index (χ0v) is 16.2. The van der Waals surface area contributed by atoms with E-state index in [0.717, 1.165) is 48.6 Å². The van der Waals surface area contributed by atoms with Crippen LogP contribution in [-0.4, -0.2) is 51.5 Å². The number of nitrogens with zero attached hydrogens (tertiary/aromatic N) is 5. The van der Waals surface area contributed by atoms with Gasteiger partial charge in [0.15, 0.2) is 23.0 Å². The third-order valence-corrected chi connectivity index (χ3v) is 5.17. The first kappa shape index (κ1) is 18.3. The van der Waals surface area contributed by atoms with Gasteiger partial charge < -0.3 is 20.1 Å². The Labute approximate surface area is 172 Å². The number of H-pyrrole nitrogens is 1. The van der Waals surface area contributed by atoms with Crippen LogP contribution in [0.3, 0.4) is 0 Å². The van der Waals surface area contributed by atoms with Crippen LogP contribution in [0.4, 0.5) is 11.6 Å². The largest absolute Gasteiger partial charge is 0.491 e. The first-order valence-electron chi connectivity index (χ1n) is 9.83. The fourth-order valence-corrected chi connectivity index (χ4v) is 3.62. The molecule has 10 nitrogen and oxygen atoms in total. The summed E-state index contributed by atoms with van der Waals surface area (Å²) in [6.45, 7) is 3.22. The minimum Gasteiger partial charge on any atom is -0.491 e. The molecule has 0 bridgehead atoms. The molecule has 0 aliphatic carbocycles. The lowest BCUT2D eigenvalue weighted by atomic mass is 10.1. The van der Waals surface area contributed by atoms with Crippen LogP contribution in [0.5, 0.6) is 11.5 Å². The van der Waals surface area contributed by atoms with Gasteiger partial charge in [-0.3, -0.25) is 10.1 Å². The quantitative estimate of drug-likeness (QED) is 0.562. The van der Waals surface area contributed by atoms with E-state index >= 15 is 0 Å². The molecule has 0 unspecified atom stereocenters. The summed E-state index contributed by atoms with van der Waals surface area (Å²) in [7, 11) is 0. The summed E-state index contributed by atoms with van der Waals surface area (Å²) >= 11 is 0. The fourth-order valence-electron chi connectivity index (χ4n) is 3.62. The molecule has 1 atom stereocenters. The highest BCUT2D eigenvalue weighted by Gasteiger charge is 2.25. The Kier molecular flexibility index (Phi) is 4.86. The van der Waals surface area contributed by atoms with Crippen molar-refractivity contribution in [1.82, 2.24) is 30.5 Å². The Balaban J connectivity index is 1.41. The second-order valence-corrected chi connectivity index (χ2v) is 7.23. The number of fused-ring (bicyclic) bond motifs is 1. The fraction of sp³-hybridized carbons (Fsp3) is 0.350. The third-order valence-electron chi connectivity index (χ3n) is 5.17. The summed E-state index contributed by atoms with van der Waals surface area (Å²) in [6.07, 6.45) is 6.54. The van der Waals surface area contributed by atoms with Crippen molar-refractivity contribution in [2.45, 2.75) is 12.8 Å². The van der Waals surface area contributed by atoms with Gasteiger partial charge in [0.25, 0.3) is 0 Å². The Morgan fingerprint density at radius 2 is 2.20 bits per heavy atom. The van der Waals surface area contributed by atoms with Crippen LogP contribution in [0, 0.1) is 17.2 Å². The van der Waals surface area contributed by atoms with Gasteiger partial charge in [-0.2, -0.15) is 10.4 Å². The van der Waals surface area contributed by atoms with E-state index in [1.54, 1.807) is 6.20 Å². The van der Waals surface area contributed by atoms with Gasteiger partial charge in [0, 0.05) is 24.9 Å². The molecular weight excluding hydrogens is 384 g/mol. The van der Waals surface area contributed by atoms with Crippen molar-refractivity contribution in [2.24, 2.45) is 5.92 Å². The second kappa shape index (κ2) is 7.96. The summed E-state index contributed by atoms with van der Waals surface area (Å²) in [5, 5.41) is 22.6. The number of hydrogen-bond acceptors (Lipinski definition) is 9. The average Bonchev–Trinajstić information content (AvgIpc) is 3.54. The standard InChI is InChI=1S/C20H20N8O2/c21-6-13-8-25-18(10-23-13)26-17-5-15(27-28-17)19-16(30-11-12-1-3-22-7-12)9-24-14-2-4-29-20(14)19/h5,8-10,12,22H,1-4,7,11H2,(H2,25,26,27,28)/t12-/m0/s1. The third kappa shape index (κ3) is 3.62. The normalized spacial score (nSPS) is 17.2. The average molecular weight is 404 g/mol. The van der Waals surface area contributed by atoms with Crippen LogP contribution in [0.2, 0.25) is 0 Å². The van der Waals surface area contributed by atoms with Gasteiger partial charge >= 0.3 is 0 Å². The molecule has 152 valence electrons. The maximum atomic E-state index is 8.84. The van der Waals surface area contributed by atoms with Gasteiger partial charge in [0.2, 0.25) is 0 Å².